The molecule has 1 aromatic carbocycles. The maximum absolute atomic E-state index is 13.8. The third-order valence-electron chi connectivity index (χ3n) is 5.53. The summed E-state index contributed by atoms with van der Waals surface area (Å²) in [7, 11) is 0. The van der Waals surface area contributed by atoms with Crippen LogP contribution in [0.25, 0.3) is 5.00 Å². The van der Waals surface area contributed by atoms with Gasteiger partial charge in [-0.05, 0) is 42.9 Å². The highest BCUT2D eigenvalue weighted by molar-refractivity contribution is 7.98. The number of carbonyl (C=O) groups excluding carboxylic acids is 1. The third kappa shape index (κ3) is 3.50. The van der Waals surface area contributed by atoms with Crippen LogP contribution in [-0.2, 0) is 18.7 Å². The number of rotatable bonds is 5. The number of benzene rings is 1. The fourth-order valence-electron chi connectivity index (χ4n) is 4.04. The van der Waals surface area contributed by atoms with Crippen molar-refractivity contribution in [3.8, 4) is 16.5 Å². The molecule has 0 saturated carbocycles. The van der Waals surface area contributed by atoms with Crippen molar-refractivity contribution >= 4 is 29.0 Å². The molecule has 0 N–H and O–H groups in total. The van der Waals surface area contributed by atoms with E-state index in [9.17, 15) is 4.79 Å². The molecule has 0 aliphatic carbocycles. The van der Waals surface area contributed by atoms with Gasteiger partial charge in [0.25, 0.3) is 5.91 Å². The summed E-state index contributed by atoms with van der Waals surface area (Å²) in [6.07, 6.45) is 5.00. The number of para-hydroxylation sites is 1. The van der Waals surface area contributed by atoms with Gasteiger partial charge in [-0.3, -0.25) is 4.79 Å². The van der Waals surface area contributed by atoms with Crippen LogP contribution in [0.5, 0.6) is 11.5 Å². The van der Waals surface area contributed by atoms with Crippen LogP contribution in [0.3, 0.4) is 0 Å². The Bertz CT molecular complexity index is 1060. The number of ether oxygens (including phenoxy) is 2. The lowest BCUT2D eigenvalue weighted by atomic mass is 10.1. The van der Waals surface area contributed by atoms with Crippen molar-refractivity contribution in [3.63, 3.8) is 0 Å². The lowest BCUT2D eigenvalue weighted by Crippen LogP contribution is -2.32. The minimum absolute atomic E-state index is 0.0972. The van der Waals surface area contributed by atoms with E-state index < -0.39 is 0 Å². The first-order chi connectivity index (χ1) is 14.8. The summed E-state index contributed by atoms with van der Waals surface area (Å²) in [5.41, 5.74) is 3.10. The Kier molecular flexibility index (Phi) is 5.48. The number of thiophene rings is 1. The fraction of sp³-hybridized carbons (Fsp3) is 0.348. The lowest BCUT2D eigenvalue weighted by Gasteiger charge is -2.26. The zero-order valence-electron chi connectivity index (χ0n) is 16.9. The van der Waals surface area contributed by atoms with Crippen LogP contribution in [0.15, 0.2) is 42.7 Å². The Hall–Kier alpha value is -2.38. The molecule has 2 aromatic heterocycles. The number of carbonyl (C=O) groups is 1. The molecule has 0 bridgehead atoms. The summed E-state index contributed by atoms with van der Waals surface area (Å²) in [5, 5.41) is 1.03. The summed E-state index contributed by atoms with van der Waals surface area (Å²) in [6, 6.07) is 9.93. The van der Waals surface area contributed by atoms with Crippen LogP contribution in [-0.4, -0.2) is 40.9 Å². The van der Waals surface area contributed by atoms with E-state index in [4.69, 9.17) is 9.47 Å². The van der Waals surface area contributed by atoms with Crippen molar-refractivity contribution in [2.24, 2.45) is 0 Å². The number of aromatic nitrogens is 1. The molecule has 4 heterocycles. The van der Waals surface area contributed by atoms with E-state index in [2.05, 4.69) is 4.57 Å². The normalized spacial score (nSPS) is 15.0. The van der Waals surface area contributed by atoms with Crippen molar-refractivity contribution in [1.29, 1.82) is 0 Å². The molecule has 30 heavy (non-hydrogen) atoms. The molecule has 0 atom stereocenters. The van der Waals surface area contributed by atoms with Crippen LogP contribution < -0.4 is 9.47 Å². The Balaban J connectivity index is 1.51. The highest BCUT2D eigenvalue weighted by Crippen LogP contribution is 2.40. The van der Waals surface area contributed by atoms with Crippen LogP contribution in [0.2, 0.25) is 0 Å². The standard InChI is InChI=1S/C23H24N2O3S2/c1-2-24(14-16-6-5-7-18-21(16)28-12-11-27-18)22(26)20-17-8-13-29-15-19(17)30-23(20)25-9-3-4-10-25/h3-7,9-10H,2,8,11-15H2,1H3. The van der Waals surface area contributed by atoms with Gasteiger partial charge in [0.05, 0.1) is 5.56 Å². The van der Waals surface area contributed by atoms with Gasteiger partial charge in [-0.2, -0.15) is 11.8 Å². The molecule has 2 aliphatic rings. The smallest absolute Gasteiger partial charge is 0.257 e. The lowest BCUT2D eigenvalue weighted by molar-refractivity contribution is 0.0748. The van der Waals surface area contributed by atoms with E-state index in [1.54, 1.807) is 11.3 Å². The average Bonchev–Trinajstić information content (AvgIpc) is 3.45. The van der Waals surface area contributed by atoms with Gasteiger partial charge in [0, 0.05) is 41.7 Å². The largest absolute Gasteiger partial charge is 0.486 e. The topological polar surface area (TPSA) is 43.7 Å². The van der Waals surface area contributed by atoms with Gasteiger partial charge in [0.15, 0.2) is 11.5 Å². The Morgan fingerprint density at radius 2 is 2.00 bits per heavy atom. The molecule has 0 radical (unpaired) electrons. The molecule has 1 amide bonds. The van der Waals surface area contributed by atoms with Crippen LogP contribution in [0, 0.1) is 0 Å². The Labute approximate surface area is 184 Å². The Morgan fingerprint density at radius 3 is 2.83 bits per heavy atom. The van der Waals surface area contributed by atoms with Gasteiger partial charge in [-0.1, -0.05) is 12.1 Å². The summed E-state index contributed by atoms with van der Waals surface area (Å²) >= 11 is 3.70. The minimum Gasteiger partial charge on any atom is -0.486 e. The van der Waals surface area contributed by atoms with E-state index in [-0.39, 0.29) is 5.91 Å². The van der Waals surface area contributed by atoms with Crippen LogP contribution in [0.4, 0.5) is 0 Å². The van der Waals surface area contributed by atoms with Gasteiger partial charge >= 0.3 is 0 Å². The van der Waals surface area contributed by atoms with Crippen molar-refractivity contribution in [1.82, 2.24) is 9.47 Å². The van der Waals surface area contributed by atoms with Crippen molar-refractivity contribution in [3.05, 3.63) is 64.3 Å². The quantitative estimate of drug-likeness (QED) is 0.574. The second kappa shape index (κ2) is 8.40. The molecule has 0 unspecified atom stereocenters. The summed E-state index contributed by atoms with van der Waals surface area (Å²) in [4.78, 5) is 17.1. The number of thioether (sulfide) groups is 1. The van der Waals surface area contributed by atoms with Crippen LogP contribution >= 0.6 is 23.1 Å². The van der Waals surface area contributed by atoms with Gasteiger partial charge in [0.1, 0.15) is 18.2 Å². The van der Waals surface area contributed by atoms with E-state index in [1.165, 1.54) is 10.4 Å². The van der Waals surface area contributed by atoms with E-state index in [1.807, 2.05) is 66.3 Å². The Morgan fingerprint density at radius 1 is 1.17 bits per heavy atom. The average molecular weight is 441 g/mol. The molecule has 156 valence electrons. The van der Waals surface area contributed by atoms with Crippen molar-refractivity contribution in [2.45, 2.75) is 25.6 Å². The maximum atomic E-state index is 13.8. The van der Waals surface area contributed by atoms with Gasteiger partial charge in [-0.25, -0.2) is 0 Å². The molecular formula is C23H24N2O3S2. The SMILES string of the molecule is CCN(Cc1cccc2c1OCCO2)C(=O)c1c(-n2cccc2)sc2c1CCSC2. The maximum Gasteiger partial charge on any atom is 0.257 e. The first-order valence-corrected chi connectivity index (χ1v) is 12.3. The molecule has 0 spiro atoms. The molecule has 5 rings (SSSR count). The molecule has 3 aromatic rings. The predicted molar refractivity (Wildman–Crippen MR) is 121 cm³/mol. The van der Waals surface area contributed by atoms with Crippen LogP contribution in [0.1, 0.15) is 33.3 Å². The monoisotopic (exact) mass is 440 g/mol. The summed E-state index contributed by atoms with van der Waals surface area (Å²) in [6.45, 7) is 4.28. The predicted octanol–water partition coefficient (Wildman–Crippen LogP) is 4.76. The van der Waals surface area contributed by atoms with Gasteiger partial charge in [0.2, 0.25) is 0 Å². The zero-order chi connectivity index (χ0) is 20.5. The number of fused-ring (bicyclic) bond motifs is 2. The molecule has 2 aliphatic heterocycles. The first kappa shape index (κ1) is 19.6. The van der Waals surface area contributed by atoms with Gasteiger partial charge < -0.3 is 18.9 Å². The van der Waals surface area contributed by atoms with E-state index in [0.717, 1.165) is 45.6 Å². The number of hydrogen-bond donors (Lipinski definition) is 0. The fourth-order valence-corrected chi connectivity index (χ4v) is 6.48. The molecular weight excluding hydrogens is 416 g/mol. The number of amides is 1. The minimum atomic E-state index is 0.0972. The van der Waals surface area contributed by atoms with Gasteiger partial charge in [-0.15, -0.1) is 11.3 Å². The van der Waals surface area contributed by atoms with E-state index >= 15 is 0 Å². The van der Waals surface area contributed by atoms with Crippen molar-refractivity contribution in [2.75, 3.05) is 25.5 Å². The van der Waals surface area contributed by atoms with Crippen molar-refractivity contribution < 1.29 is 14.3 Å². The number of hydrogen-bond acceptors (Lipinski definition) is 5. The molecule has 0 fully saturated rings. The molecule has 0 saturated heterocycles. The highest BCUT2D eigenvalue weighted by atomic mass is 32.2. The summed E-state index contributed by atoms with van der Waals surface area (Å²) in [5.74, 6) is 3.69. The first-order valence-electron chi connectivity index (χ1n) is 10.3. The molecule has 5 nitrogen and oxygen atoms in total. The van der Waals surface area contributed by atoms with E-state index in [0.29, 0.717) is 26.3 Å². The second-order valence-corrected chi connectivity index (χ2v) is 9.53. The number of nitrogens with zero attached hydrogens (tertiary/aromatic N) is 2. The molecule has 7 heteroatoms. The second-order valence-electron chi connectivity index (χ2n) is 7.34. The summed E-state index contributed by atoms with van der Waals surface area (Å²) < 4.78 is 13.7. The zero-order valence-corrected chi connectivity index (χ0v) is 18.6. The third-order valence-corrected chi connectivity index (χ3v) is 7.95. The highest BCUT2D eigenvalue weighted by Gasteiger charge is 2.29.